The standard InChI is InChI=1S/C17H30/c1-6-15(3)11-8-9-12-17(5)14-10-13-16(4)7-2/h7,11,14H,6,8-10,12-13H2,1-5H3/b15-11-,16-7+,17-14+. The van der Waals surface area contributed by atoms with Crippen molar-refractivity contribution in [2.45, 2.75) is 73.1 Å². The molecule has 0 spiro atoms. The first-order valence-corrected chi connectivity index (χ1v) is 7.03. The van der Waals surface area contributed by atoms with Crippen LogP contribution < -0.4 is 0 Å². The second-order valence-electron chi connectivity index (χ2n) is 5.02. The van der Waals surface area contributed by atoms with Gasteiger partial charge in [-0.1, -0.05) is 41.9 Å². The van der Waals surface area contributed by atoms with Gasteiger partial charge in [-0.05, 0) is 66.2 Å². The van der Waals surface area contributed by atoms with Gasteiger partial charge in [-0.3, -0.25) is 0 Å². The Hall–Kier alpha value is -0.780. The molecule has 17 heavy (non-hydrogen) atoms. The second-order valence-corrected chi connectivity index (χ2v) is 5.02. The van der Waals surface area contributed by atoms with Gasteiger partial charge in [0.1, 0.15) is 0 Å². The molecule has 0 saturated carbocycles. The zero-order valence-corrected chi connectivity index (χ0v) is 12.5. The Bertz CT molecular complexity index is 276. The SMILES string of the molecule is C/C=C(\C)CC/C=C(\C)CCC/C=C(/C)CC. The van der Waals surface area contributed by atoms with Gasteiger partial charge >= 0.3 is 0 Å². The maximum absolute atomic E-state index is 2.41. The highest BCUT2D eigenvalue weighted by molar-refractivity contribution is 5.03. The Balaban J connectivity index is 3.71. The topological polar surface area (TPSA) is 0 Å². The van der Waals surface area contributed by atoms with Crippen molar-refractivity contribution < 1.29 is 0 Å². The molecule has 0 aliphatic carbocycles. The molecule has 0 heteroatoms. The van der Waals surface area contributed by atoms with Crippen molar-refractivity contribution in [3.05, 3.63) is 34.9 Å². The number of unbranched alkanes of at least 4 members (excludes halogenated alkanes) is 1. The average Bonchev–Trinajstić information content (AvgIpc) is 2.33. The molecule has 0 N–H and O–H groups in total. The third-order valence-electron chi connectivity index (χ3n) is 3.35. The van der Waals surface area contributed by atoms with Crippen LogP contribution in [0.15, 0.2) is 34.9 Å². The molecule has 0 nitrogen and oxygen atoms in total. The van der Waals surface area contributed by atoms with Crippen LogP contribution >= 0.6 is 0 Å². The van der Waals surface area contributed by atoms with Gasteiger partial charge in [-0.15, -0.1) is 0 Å². The van der Waals surface area contributed by atoms with E-state index in [9.17, 15) is 0 Å². The van der Waals surface area contributed by atoms with Crippen molar-refractivity contribution in [3.8, 4) is 0 Å². The van der Waals surface area contributed by atoms with E-state index in [4.69, 9.17) is 0 Å². The molecule has 0 heterocycles. The average molecular weight is 234 g/mol. The molecule has 0 aromatic carbocycles. The molecule has 0 rings (SSSR count). The Labute approximate surface area is 109 Å². The summed E-state index contributed by atoms with van der Waals surface area (Å²) in [6, 6.07) is 0. The summed E-state index contributed by atoms with van der Waals surface area (Å²) in [5.41, 5.74) is 4.57. The van der Waals surface area contributed by atoms with Gasteiger partial charge in [0, 0.05) is 0 Å². The van der Waals surface area contributed by atoms with Gasteiger partial charge in [-0.2, -0.15) is 0 Å². The van der Waals surface area contributed by atoms with Gasteiger partial charge in [0.2, 0.25) is 0 Å². The van der Waals surface area contributed by atoms with Gasteiger partial charge in [0.15, 0.2) is 0 Å². The quantitative estimate of drug-likeness (QED) is 0.346. The Morgan fingerprint density at radius 3 is 2.06 bits per heavy atom. The smallest absolute Gasteiger partial charge is 0.0288 e. The molecule has 0 saturated heterocycles. The summed E-state index contributed by atoms with van der Waals surface area (Å²) in [7, 11) is 0. The summed E-state index contributed by atoms with van der Waals surface area (Å²) in [5.74, 6) is 0. The summed E-state index contributed by atoms with van der Waals surface area (Å²) >= 11 is 0. The van der Waals surface area contributed by atoms with Crippen molar-refractivity contribution >= 4 is 0 Å². The third kappa shape index (κ3) is 10.1. The van der Waals surface area contributed by atoms with Crippen LogP contribution in [0, 0.1) is 0 Å². The van der Waals surface area contributed by atoms with E-state index in [0.29, 0.717) is 0 Å². The molecule has 0 amide bonds. The van der Waals surface area contributed by atoms with Crippen LogP contribution in [0.5, 0.6) is 0 Å². The highest BCUT2D eigenvalue weighted by Crippen LogP contribution is 2.12. The molecule has 98 valence electrons. The highest BCUT2D eigenvalue weighted by Gasteiger charge is 1.92. The zero-order chi connectivity index (χ0) is 13.1. The van der Waals surface area contributed by atoms with Crippen LogP contribution in [0.25, 0.3) is 0 Å². The number of hydrogen-bond acceptors (Lipinski definition) is 0. The summed E-state index contributed by atoms with van der Waals surface area (Å²) < 4.78 is 0. The molecule has 0 unspecified atom stereocenters. The lowest BCUT2D eigenvalue weighted by Gasteiger charge is -2.01. The van der Waals surface area contributed by atoms with E-state index in [2.05, 4.69) is 52.8 Å². The summed E-state index contributed by atoms with van der Waals surface area (Å²) in [6.07, 6.45) is 14.4. The first kappa shape index (κ1) is 16.2. The van der Waals surface area contributed by atoms with E-state index in [1.807, 2.05) is 0 Å². The van der Waals surface area contributed by atoms with E-state index in [1.54, 1.807) is 5.57 Å². The van der Waals surface area contributed by atoms with E-state index < -0.39 is 0 Å². The largest absolute Gasteiger partial charge is 0.0887 e. The lowest BCUT2D eigenvalue weighted by atomic mass is 10.1. The molecule has 0 radical (unpaired) electrons. The van der Waals surface area contributed by atoms with E-state index in [1.165, 1.54) is 49.7 Å². The fourth-order valence-corrected chi connectivity index (χ4v) is 1.67. The zero-order valence-electron chi connectivity index (χ0n) is 12.5. The summed E-state index contributed by atoms with van der Waals surface area (Å²) in [6.45, 7) is 11.0. The predicted molar refractivity (Wildman–Crippen MR) is 80.3 cm³/mol. The number of rotatable bonds is 8. The van der Waals surface area contributed by atoms with Crippen LogP contribution in [-0.4, -0.2) is 0 Å². The summed E-state index contributed by atoms with van der Waals surface area (Å²) in [4.78, 5) is 0. The lowest BCUT2D eigenvalue weighted by molar-refractivity contribution is 0.815. The molecule has 0 aromatic heterocycles. The predicted octanol–water partition coefficient (Wildman–Crippen LogP) is 6.21. The van der Waals surface area contributed by atoms with Crippen LogP contribution in [0.2, 0.25) is 0 Å². The van der Waals surface area contributed by atoms with Crippen molar-refractivity contribution in [3.63, 3.8) is 0 Å². The normalized spacial score (nSPS) is 14.3. The first-order chi connectivity index (χ1) is 8.10. The van der Waals surface area contributed by atoms with Gasteiger partial charge < -0.3 is 0 Å². The molecular weight excluding hydrogens is 204 g/mol. The number of allylic oxidation sites excluding steroid dienone is 6. The van der Waals surface area contributed by atoms with Crippen molar-refractivity contribution in [1.82, 2.24) is 0 Å². The monoisotopic (exact) mass is 234 g/mol. The molecule has 0 aliphatic rings. The van der Waals surface area contributed by atoms with E-state index in [0.717, 1.165) is 0 Å². The highest BCUT2D eigenvalue weighted by atomic mass is 14.0. The van der Waals surface area contributed by atoms with Gasteiger partial charge in [-0.25, -0.2) is 0 Å². The maximum atomic E-state index is 2.41. The number of hydrogen-bond donors (Lipinski definition) is 0. The molecule has 0 aromatic rings. The fraction of sp³-hybridized carbons (Fsp3) is 0.647. The molecule has 0 fully saturated rings. The van der Waals surface area contributed by atoms with Crippen LogP contribution in [0.3, 0.4) is 0 Å². The maximum Gasteiger partial charge on any atom is -0.0288 e. The fourth-order valence-electron chi connectivity index (χ4n) is 1.67. The van der Waals surface area contributed by atoms with Crippen LogP contribution in [-0.2, 0) is 0 Å². The minimum absolute atomic E-state index is 1.19. The Morgan fingerprint density at radius 2 is 1.47 bits per heavy atom. The molecule has 0 aliphatic heterocycles. The van der Waals surface area contributed by atoms with E-state index >= 15 is 0 Å². The molecule has 0 bridgehead atoms. The van der Waals surface area contributed by atoms with Crippen molar-refractivity contribution in [2.75, 3.05) is 0 Å². The molecular formula is C17H30. The summed E-state index contributed by atoms with van der Waals surface area (Å²) in [5, 5.41) is 0. The Kier molecular flexibility index (Phi) is 9.90. The third-order valence-corrected chi connectivity index (χ3v) is 3.35. The Morgan fingerprint density at radius 1 is 0.824 bits per heavy atom. The van der Waals surface area contributed by atoms with Crippen LogP contribution in [0.4, 0.5) is 0 Å². The van der Waals surface area contributed by atoms with Crippen molar-refractivity contribution in [2.24, 2.45) is 0 Å². The van der Waals surface area contributed by atoms with Gasteiger partial charge in [0.05, 0.1) is 0 Å². The van der Waals surface area contributed by atoms with Crippen molar-refractivity contribution in [1.29, 1.82) is 0 Å². The first-order valence-electron chi connectivity index (χ1n) is 7.03. The lowest BCUT2D eigenvalue weighted by Crippen LogP contribution is -1.81. The van der Waals surface area contributed by atoms with Crippen LogP contribution in [0.1, 0.15) is 73.1 Å². The van der Waals surface area contributed by atoms with Gasteiger partial charge in [0.25, 0.3) is 0 Å². The van der Waals surface area contributed by atoms with E-state index in [-0.39, 0.29) is 0 Å². The second kappa shape index (κ2) is 10.4. The molecule has 0 atom stereocenters. The minimum Gasteiger partial charge on any atom is -0.0887 e. The minimum atomic E-state index is 1.19.